The minimum absolute atomic E-state index is 0.0333. The summed E-state index contributed by atoms with van der Waals surface area (Å²) in [6.45, 7) is 1.88. The molecule has 0 saturated heterocycles. The molecule has 0 aliphatic carbocycles. The van der Waals surface area contributed by atoms with Crippen LogP contribution in [0.5, 0.6) is 11.6 Å². The lowest BCUT2D eigenvalue weighted by molar-refractivity contribution is 0.462. The summed E-state index contributed by atoms with van der Waals surface area (Å²) < 4.78 is 5.48. The number of aryl methyl sites for hydroxylation is 1. The van der Waals surface area contributed by atoms with E-state index in [1.54, 1.807) is 24.3 Å². The summed E-state index contributed by atoms with van der Waals surface area (Å²) >= 11 is 6.01. The van der Waals surface area contributed by atoms with Crippen molar-refractivity contribution in [3.63, 3.8) is 0 Å². The molecule has 0 aliphatic heterocycles. The van der Waals surface area contributed by atoms with Crippen molar-refractivity contribution >= 4 is 17.4 Å². The topological polar surface area (TPSA) is 87.8 Å². The van der Waals surface area contributed by atoms with Crippen LogP contribution in [0.15, 0.2) is 24.3 Å². The third kappa shape index (κ3) is 2.57. The van der Waals surface area contributed by atoms with Crippen LogP contribution in [-0.4, -0.2) is 16.0 Å². The molecule has 0 radical (unpaired) electrons. The fourth-order valence-electron chi connectivity index (χ4n) is 1.31. The Morgan fingerprint density at radius 2 is 2.24 bits per heavy atom. The minimum atomic E-state index is -0.0333. The van der Waals surface area contributed by atoms with E-state index < -0.39 is 0 Å². The number of amidine groups is 1. The number of hydrogen-bond acceptors (Lipinski definition) is 3. The smallest absolute Gasteiger partial charge is 0.238 e. The minimum Gasteiger partial charge on any atom is -0.436 e. The van der Waals surface area contributed by atoms with E-state index in [9.17, 15) is 0 Å². The summed E-state index contributed by atoms with van der Waals surface area (Å²) in [6.07, 6.45) is 0. The number of halogens is 1. The average molecular weight is 251 g/mol. The van der Waals surface area contributed by atoms with Gasteiger partial charge in [-0.1, -0.05) is 11.6 Å². The van der Waals surface area contributed by atoms with Gasteiger partial charge in [0.05, 0.1) is 5.02 Å². The third-order valence-corrected chi connectivity index (χ3v) is 2.44. The van der Waals surface area contributed by atoms with Gasteiger partial charge in [-0.25, -0.2) is 0 Å². The lowest BCUT2D eigenvalue weighted by Crippen LogP contribution is -2.10. The van der Waals surface area contributed by atoms with Crippen molar-refractivity contribution < 1.29 is 4.74 Å². The second kappa shape index (κ2) is 4.47. The summed E-state index contributed by atoms with van der Waals surface area (Å²) in [6, 6.07) is 6.67. The monoisotopic (exact) mass is 250 g/mol. The molecule has 0 fully saturated rings. The molecule has 0 atom stereocenters. The highest BCUT2D eigenvalue weighted by Gasteiger charge is 2.07. The first-order valence-corrected chi connectivity index (χ1v) is 5.28. The summed E-state index contributed by atoms with van der Waals surface area (Å²) in [5, 5.41) is 14.4. The molecule has 1 heterocycles. The van der Waals surface area contributed by atoms with Crippen LogP contribution in [0, 0.1) is 12.3 Å². The van der Waals surface area contributed by atoms with Gasteiger partial charge in [0.1, 0.15) is 11.6 Å². The number of H-pyrrole nitrogens is 1. The summed E-state index contributed by atoms with van der Waals surface area (Å²) in [5.74, 6) is 0.886. The van der Waals surface area contributed by atoms with Gasteiger partial charge in [0.2, 0.25) is 5.88 Å². The molecule has 6 heteroatoms. The maximum atomic E-state index is 7.29. The predicted octanol–water partition coefficient (Wildman–Crippen LogP) is 2.45. The number of aromatic amines is 1. The molecule has 0 aliphatic rings. The molecule has 1 aromatic carbocycles. The fraction of sp³-hybridized carbons (Fsp3) is 0.0909. The standard InChI is InChI=1S/C11H11ClN4O/c1-6-4-10(16-15-6)17-9-3-2-7(11(13)14)5-8(9)12/h2-5H,1H3,(H3,13,14)(H,15,16). The van der Waals surface area contributed by atoms with Crippen LogP contribution in [0.4, 0.5) is 0 Å². The number of benzene rings is 1. The van der Waals surface area contributed by atoms with Gasteiger partial charge in [0.15, 0.2) is 0 Å². The first kappa shape index (κ1) is 11.5. The molecule has 0 saturated carbocycles. The fourth-order valence-corrected chi connectivity index (χ4v) is 1.53. The maximum Gasteiger partial charge on any atom is 0.238 e. The maximum absolute atomic E-state index is 7.29. The number of nitrogen functional groups attached to an aromatic ring is 1. The van der Waals surface area contributed by atoms with Crippen molar-refractivity contribution in [2.24, 2.45) is 5.73 Å². The number of nitrogens with one attached hydrogen (secondary N) is 2. The Bertz CT molecular complexity index is 564. The molecule has 0 unspecified atom stereocenters. The summed E-state index contributed by atoms with van der Waals surface area (Å²) in [4.78, 5) is 0. The number of rotatable bonds is 3. The number of nitrogens with zero attached hydrogens (tertiary/aromatic N) is 1. The van der Waals surface area contributed by atoms with Crippen LogP contribution < -0.4 is 10.5 Å². The van der Waals surface area contributed by atoms with Gasteiger partial charge in [-0.3, -0.25) is 10.5 Å². The third-order valence-electron chi connectivity index (χ3n) is 2.14. The van der Waals surface area contributed by atoms with Crippen LogP contribution in [0.2, 0.25) is 5.02 Å². The van der Waals surface area contributed by atoms with Gasteiger partial charge in [-0.2, -0.15) is 0 Å². The lowest BCUT2D eigenvalue weighted by Gasteiger charge is -2.06. The van der Waals surface area contributed by atoms with Gasteiger partial charge in [-0.15, -0.1) is 5.10 Å². The Balaban J connectivity index is 2.25. The van der Waals surface area contributed by atoms with Crippen LogP contribution >= 0.6 is 11.6 Å². The van der Waals surface area contributed by atoms with E-state index in [2.05, 4.69) is 10.2 Å². The summed E-state index contributed by atoms with van der Waals surface area (Å²) in [7, 11) is 0. The number of hydrogen-bond donors (Lipinski definition) is 3. The number of nitrogens with two attached hydrogens (primary N) is 1. The zero-order valence-electron chi connectivity index (χ0n) is 9.12. The zero-order valence-corrected chi connectivity index (χ0v) is 9.88. The SMILES string of the molecule is Cc1cc(Oc2ccc(C(=N)N)cc2Cl)n[nH]1. The Morgan fingerprint density at radius 1 is 1.47 bits per heavy atom. The van der Waals surface area contributed by atoms with E-state index in [4.69, 9.17) is 27.5 Å². The highest BCUT2D eigenvalue weighted by molar-refractivity contribution is 6.32. The van der Waals surface area contributed by atoms with E-state index in [0.29, 0.717) is 22.2 Å². The van der Waals surface area contributed by atoms with E-state index in [0.717, 1.165) is 5.69 Å². The van der Waals surface area contributed by atoms with Gasteiger partial charge in [0, 0.05) is 17.3 Å². The van der Waals surface area contributed by atoms with Crippen LogP contribution in [-0.2, 0) is 0 Å². The highest BCUT2D eigenvalue weighted by atomic mass is 35.5. The van der Waals surface area contributed by atoms with Gasteiger partial charge < -0.3 is 10.5 Å². The van der Waals surface area contributed by atoms with E-state index in [1.165, 1.54) is 0 Å². The van der Waals surface area contributed by atoms with E-state index in [1.807, 2.05) is 6.92 Å². The molecule has 0 amide bonds. The quantitative estimate of drug-likeness (QED) is 0.577. The van der Waals surface area contributed by atoms with Gasteiger partial charge in [-0.05, 0) is 25.1 Å². The molecule has 0 bridgehead atoms. The van der Waals surface area contributed by atoms with E-state index >= 15 is 0 Å². The normalized spacial score (nSPS) is 10.2. The predicted molar refractivity (Wildman–Crippen MR) is 65.9 cm³/mol. The van der Waals surface area contributed by atoms with Crippen LogP contribution in [0.25, 0.3) is 0 Å². The van der Waals surface area contributed by atoms with Crippen molar-refractivity contribution in [3.05, 3.63) is 40.5 Å². The molecule has 2 aromatic rings. The molecule has 1 aromatic heterocycles. The lowest BCUT2D eigenvalue weighted by atomic mass is 10.2. The summed E-state index contributed by atoms with van der Waals surface area (Å²) in [5.41, 5.74) is 6.81. The Kier molecular flexibility index (Phi) is 3.01. The number of ether oxygens (including phenoxy) is 1. The molecular formula is C11H11ClN4O. The molecule has 2 rings (SSSR count). The Labute approximate surface area is 103 Å². The first-order valence-electron chi connectivity index (χ1n) is 4.90. The van der Waals surface area contributed by atoms with Crippen LogP contribution in [0.1, 0.15) is 11.3 Å². The van der Waals surface area contributed by atoms with Crippen molar-refractivity contribution in [3.8, 4) is 11.6 Å². The van der Waals surface area contributed by atoms with Gasteiger partial charge >= 0.3 is 0 Å². The second-order valence-corrected chi connectivity index (χ2v) is 3.96. The molecule has 17 heavy (non-hydrogen) atoms. The first-order chi connectivity index (χ1) is 8.06. The zero-order chi connectivity index (χ0) is 12.4. The van der Waals surface area contributed by atoms with Crippen molar-refractivity contribution in [2.45, 2.75) is 6.92 Å². The molecule has 4 N–H and O–H groups in total. The van der Waals surface area contributed by atoms with Crippen molar-refractivity contribution in [1.29, 1.82) is 5.41 Å². The largest absolute Gasteiger partial charge is 0.436 e. The van der Waals surface area contributed by atoms with Gasteiger partial charge in [0.25, 0.3) is 0 Å². The van der Waals surface area contributed by atoms with Crippen LogP contribution in [0.3, 0.4) is 0 Å². The second-order valence-electron chi connectivity index (χ2n) is 3.55. The molecule has 0 spiro atoms. The molecule has 5 nitrogen and oxygen atoms in total. The molecule has 88 valence electrons. The van der Waals surface area contributed by atoms with Crippen molar-refractivity contribution in [2.75, 3.05) is 0 Å². The Morgan fingerprint density at radius 3 is 2.76 bits per heavy atom. The number of aromatic nitrogens is 2. The molecular weight excluding hydrogens is 240 g/mol. The highest BCUT2D eigenvalue weighted by Crippen LogP contribution is 2.29. The Hall–Kier alpha value is -2.01. The van der Waals surface area contributed by atoms with E-state index in [-0.39, 0.29) is 5.84 Å². The van der Waals surface area contributed by atoms with Crippen molar-refractivity contribution in [1.82, 2.24) is 10.2 Å². The average Bonchev–Trinajstić information content (AvgIpc) is 2.67.